The van der Waals surface area contributed by atoms with Crippen LogP contribution in [0.5, 0.6) is 0 Å². The van der Waals surface area contributed by atoms with Crippen LogP contribution in [0, 0.1) is 5.92 Å². The van der Waals surface area contributed by atoms with Crippen LogP contribution in [0.15, 0.2) is 47.7 Å². The highest BCUT2D eigenvalue weighted by molar-refractivity contribution is 6.74. The van der Waals surface area contributed by atoms with Gasteiger partial charge in [0, 0.05) is 53.3 Å². The normalized spacial score (nSPS) is 20.8. The van der Waals surface area contributed by atoms with Crippen LogP contribution in [0.1, 0.15) is 52.9 Å². The van der Waals surface area contributed by atoms with E-state index in [9.17, 15) is 4.79 Å². The first-order valence-electron chi connectivity index (χ1n) is 14.6. The second kappa shape index (κ2) is 10.4. The minimum atomic E-state index is -1.92. The largest absolute Gasteiger partial charge is 0.412 e. The van der Waals surface area contributed by atoms with Crippen LogP contribution >= 0.6 is 0 Å². The molecule has 0 amide bonds. The van der Waals surface area contributed by atoms with Crippen molar-refractivity contribution < 1.29 is 9.16 Å². The van der Waals surface area contributed by atoms with Gasteiger partial charge in [0.2, 0.25) is 0 Å². The lowest BCUT2D eigenvalue weighted by atomic mass is 10.0. The SMILES string of the molecule is CC(C)(C)[Si](C)(C)O[C@H]1COC[C@@H](Cn2c(=O)n(C3=CCCCC3)c3ncc(-c4cnc5[nH]ccc5c4)cc32)C1. The Hall–Kier alpha value is -3.01. The van der Waals surface area contributed by atoms with E-state index in [1.165, 1.54) is 0 Å². The molecule has 40 heavy (non-hydrogen) atoms. The molecular weight excluding hydrogens is 518 g/mol. The van der Waals surface area contributed by atoms with Gasteiger partial charge in [-0.15, -0.1) is 0 Å². The van der Waals surface area contributed by atoms with Gasteiger partial charge in [0.1, 0.15) is 5.65 Å². The lowest BCUT2D eigenvalue weighted by molar-refractivity contribution is -0.0338. The van der Waals surface area contributed by atoms with Crippen molar-refractivity contribution in [3.05, 3.63) is 53.3 Å². The number of H-pyrrole nitrogens is 1. The zero-order valence-corrected chi connectivity index (χ0v) is 25.4. The molecule has 6 rings (SSSR count). The molecule has 9 heteroatoms. The number of hydrogen-bond donors (Lipinski definition) is 1. The highest BCUT2D eigenvalue weighted by atomic mass is 28.4. The van der Waals surface area contributed by atoms with Crippen LogP contribution in [-0.4, -0.2) is 51.7 Å². The van der Waals surface area contributed by atoms with E-state index >= 15 is 0 Å². The number of imidazole rings is 1. The van der Waals surface area contributed by atoms with Crippen LogP contribution in [-0.2, 0) is 15.7 Å². The summed E-state index contributed by atoms with van der Waals surface area (Å²) in [6.07, 6.45) is 12.9. The average molecular weight is 560 g/mol. The molecule has 1 aliphatic heterocycles. The quantitative estimate of drug-likeness (QED) is 0.270. The fourth-order valence-corrected chi connectivity index (χ4v) is 7.13. The molecule has 1 aliphatic carbocycles. The second-order valence-electron chi connectivity index (χ2n) is 13.0. The topological polar surface area (TPSA) is 87.0 Å². The molecule has 0 radical (unpaired) electrons. The van der Waals surface area contributed by atoms with E-state index in [1.807, 2.05) is 33.8 Å². The third-order valence-corrected chi connectivity index (χ3v) is 13.6. The molecule has 1 saturated heterocycles. The fourth-order valence-electron chi connectivity index (χ4n) is 5.78. The van der Waals surface area contributed by atoms with Crippen molar-refractivity contribution in [2.24, 2.45) is 5.92 Å². The Kier molecular flexibility index (Phi) is 7.09. The van der Waals surface area contributed by atoms with Crippen molar-refractivity contribution >= 4 is 36.2 Å². The lowest BCUT2D eigenvalue weighted by Crippen LogP contribution is -2.47. The van der Waals surface area contributed by atoms with Gasteiger partial charge < -0.3 is 14.1 Å². The van der Waals surface area contributed by atoms with E-state index < -0.39 is 8.32 Å². The first-order chi connectivity index (χ1) is 19.1. The molecule has 1 N–H and O–H groups in total. The number of pyridine rings is 2. The molecular formula is C31H41N5O3Si. The van der Waals surface area contributed by atoms with Crippen LogP contribution in [0.25, 0.3) is 39.0 Å². The van der Waals surface area contributed by atoms with E-state index in [4.69, 9.17) is 14.1 Å². The highest BCUT2D eigenvalue weighted by Gasteiger charge is 2.40. The zero-order chi connectivity index (χ0) is 28.1. The number of rotatable bonds is 6. The van der Waals surface area contributed by atoms with Gasteiger partial charge in [-0.1, -0.05) is 26.8 Å². The summed E-state index contributed by atoms with van der Waals surface area (Å²) in [6.45, 7) is 13.2. The first-order valence-corrected chi connectivity index (χ1v) is 17.5. The smallest absolute Gasteiger partial charge is 0.334 e. The van der Waals surface area contributed by atoms with E-state index in [-0.39, 0.29) is 22.7 Å². The number of allylic oxidation sites excluding steroid dienone is 2. The van der Waals surface area contributed by atoms with Crippen LogP contribution in [0.2, 0.25) is 18.1 Å². The number of aromatic amines is 1. The molecule has 0 saturated carbocycles. The number of aromatic nitrogens is 5. The number of nitrogens with zero attached hydrogens (tertiary/aromatic N) is 4. The minimum absolute atomic E-state index is 0.0144. The predicted octanol–water partition coefficient (Wildman–Crippen LogP) is 6.58. The fraction of sp³-hybridized carbons (Fsp3) is 0.516. The highest BCUT2D eigenvalue weighted by Crippen LogP contribution is 2.38. The molecule has 2 atom stereocenters. The minimum Gasteiger partial charge on any atom is -0.412 e. The molecule has 1 fully saturated rings. The maximum Gasteiger partial charge on any atom is 0.334 e. The van der Waals surface area contributed by atoms with Crippen molar-refractivity contribution in [2.45, 2.75) is 83.7 Å². The summed E-state index contributed by atoms with van der Waals surface area (Å²) in [6, 6.07) is 6.24. The Morgan fingerprint density at radius 2 is 1.93 bits per heavy atom. The summed E-state index contributed by atoms with van der Waals surface area (Å²) in [7, 11) is -1.92. The van der Waals surface area contributed by atoms with Gasteiger partial charge in [0.15, 0.2) is 14.0 Å². The third kappa shape index (κ3) is 5.10. The summed E-state index contributed by atoms with van der Waals surface area (Å²) in [5.74, 6) is 0.183. The van der Waals surface area contributed by atoms with E-state index in [0.29, 0.717) is 19.8 Å². The van der Waals surface area contributed by atoms with Crippen LogP contribution in [0.3, 0.4) is 0 Å². The number of ether oxygens (including phenoxy) is 1. The molecule has 0 unspecified atom stereocenters. The summed E-state index contributed by atoms with van der Waals surface area (Å²) in [5.41, 5.74) is 5.42. The molecule has 4 aromatic heterocycles. The molecule has 2 aliphatic rings. The van der Waals surface area contributed by atoms with Crippen molar-refractivity contribution in [1.82, 2.24) is 24.1 Å². The maximum atomic E-state index is 14.1. The second-order valence-corrected chi connectivity index (χ2v) is 17.8. The number of nitrogens with one attached hydrogen (secondary N) is 1. The number of hydrogen-bond acceptors (Lipinski definition) is 5. The van der Waals surface area contributed by atoms with Gasteiger partial charge in [-0.25, -0.2) is 19.3 Å². The Labute approximate surface area is 236 Å². The van der Waals surface area contributed by atoms with Crippen molar-refractivity contribution in [2.75, 3.05) is 13.2 Å². The van der Waals surface area contributed by atoms with Gasteiger partial charge in [0.05, 0.1) is 24.8 Å². The Bertz CT molecular complexity index is 1620. The predicted molar refractivity (Wildman–Crippen MR) is 163 cm³/mol. The summed E-state index contributed by atoms with van der Waals surface area (Å²) in [4.78, 5) is 26.7. The first kappa shape index (κ1) is 27.2. The third-order valence-electron chi connectivity index (χ3n) is 9.02. The van der Waals surface area contributed by atoms with Gasteiger partial charge in [0.25, 0.3) is 0 Å². The average Bonchev–Trinajstić information content (AvgIpc) is 3.50. The van der Waals surface area contributed by atoms with Crippen molar-refractivity contribution in [3.8, 4) is 11.1 Å². The van der Waals surface area contributed by atoms with E-state index in [1.54, 1.807) is 0 Å². The Morgan fingerprint density at radius 3 is 2.70 bits per heavy atom. The van der Waals surface area contributed by atoms with Crippen molar-refractivity contribution in [1.29, 1.82) is 0 Å². The molecule has 0 bridgehead atoms. The Balaban J connectivity index is 1.37. The molecule has 5 heterocycles. The molecule has 0 aromatic carbocycles. The van der Waals surface area contributed by atoms with Gasteiger partial charge in [-0.3, -0.25) is 4.57 Å². The van der Waals surface area contributed by atoms with E-state index in [0.717, 1.165) is 71.1 Å². The number of fused-ring (bicyclic) bond motifs is 2. The van der Waals surface area contributed by atoms with Gasteiger partial charge in [-0.05, 0) is 68.4 Å². The van der Waals surface area contributed by atoms with Gasteiger partial charge >= 0.3 is 5.69 Å². The molecule has 0 spiro atoms. The summed E-state index contributed by atoms with van der Waals surface area (Å²) in [5, 5.41) is 1.19. The lowest BCUT2D eigenvalue weighted by Gasteiger charge is -2.41. The summed E-state index contributed by atoms with van der Waals surface area (Å²) < 4.78 is 16.6. The summed E-state index contributed by atoms with van der Waals surface area (Å²) >= 11 is 0. The Morgan fingerprint density at radius 1 is 1.12 bits per heavy atom. The van der Waals surface area contributed by atoms with Crippen LogP contribution < -0.4 is 5.69 Å². The standard InChI is InChI=1S/C31H41N5O3Si/c1-31(2,3)40(4,5)39-26-13-21(19-38-20-26)18-35-27-15-24(23-14-22-11-12-32-28(22)33-16-23)17-34-29(27)36(30(35)37)25-9-7-6-8-10-25/h9,11-12,14-17,21,26H,6-8,10,13,18-20H2,1-5H3,(H,32,33)/t21-,26-/m1/s1. The van der Waals surface area contributed by atoms with Gasteiger partial charge in [-0.2, -0.15) is 0 Å². The maximum absolute atomic E-state index is 14.1. The molecule has 4 aromatic rings. The monoisotopic (exact) mass is 559 g/mol. The zero-order valence-electron chi connectivity index (χ0n) is 24.4. The van der Waals surface area contributed by atoms with Crippen molar-refractivity contribution in [3.63, 3.8) is 0 Å². The van der Waals surface area contributed by atoms with Crippen LogP contribution in [0.4, 0.5) is 0 Å². The molecule has 212 valence electrons. The molecule has 8 nitrogen and oxygen atoms in total. The van der Waals surface area contributed by atoms with E-state index in [2.05, 4.69) is 62.0 Å².